The van der Waals surface area contributed by atoms with Gasteiger partial charge in [0.15, 0.2) is 0 Å². The predicted molar refractivity (Wildman–Crippen MR) is 91.8 cm³/mol. The molecule has 0 N–H and O–H groups in total. The molecule has 0 aliphatic heterocycles. The molecule has 0 spiro atoms. The zero-order valence-electron chi connectivity index (χ0n) is 14.4. The Kier molecular flexibility index (Phi) is 5.41. The van der Waals surface area contributed by atoms with Crippen molar-refractivity contribution in [3.8, 4) is 5.69 Å². The molecule has 1 heterocycles. The molecular weight excluding hydrogens is 310 g/mol. The molecule has 23 heavy (non-hydrogen) atoms. The first kappa shape index (κ1) is 17.5. The van der Waals surface area contributed by atoms with Crippen molar-refractivity contribution < 1.29 is 4.79 Å². The lowest BCUT2D eigenvalue weighted by Gasteiger charge is -2.22. The quantitative estimate of drug-likeness (QED) is 0.787. The lowest BCUT2D eigenvalue weighted by Crippen LogP contribution is -2.35. The zero-order valence-corrected chi connectivity index (χ0v) is 15.3. The van der Waals surface area contributed by atoms with Crippen LogP contribution in [0.1, 0.15) is 25.0 Å². The van der Waals surface area contributed by atoms with Crippen molar-refractivity contribution in [3.05, 3.63) is 29.3 Å². The number of benzene rings is 1. The van der Waals surface area contributed by atoms with E-state index in [1.54, 1.807) is 23.7 Å². The number of carbonyl (C=O) groups is 1. The lowest BCUT2D eigenvalue weighted by atomic mass is 10.1. The third-order valence-corrected chi connectivity index (χ3v) is 5.02. The highest BCUT2D eigenvalue weighted by Crippen LogP contribution is 2.29. The molecule has 0 aliphatic rings. The van der Waals surface area contributed by atoms with Gasteiger partial charge in [-0.05, 0) is 47.4 Å². The molecule has 6 nitrogen and oxygen atoms in total. The van der Waals surface area contributed by atoms with Gasteiger partial charge in [-0.15, -0.1) is 5.10 Å². The number of aryl methyl sites for hydroxylation is 2. The third kappa shape index (κ3) is 3.90. The number of hydrogen-bond acceptors (Lipinski definition) is 5. The van der Waals surface area contributed by atoms with Crippen molar-refractivity contribution in [1.29, 1.82) is 0 Å². The first-order chi connectivity index (χ1) is 10.8. The van der Waals surface area contributed by atoms with Gasteiger partial charge in [0.2, 0.25) is 11.1 Å². The standard InChI is InChI=1S/C16H23N5OS/c1-10(2)14(15(22)20(5)6)23-16-17-18-19-21(16)13-9-11(3)7-8-12(13)4/h7-10,14H,1-6H3/t14-/m1/s1. The molecule has 0 unspecified atom stereocenters. The van der Waals surface area contributed by atoms with Crippen LogP contribution in [0, 0.1) is 19.8 Å². The van der Waals surface area contributed by atoms with Gasteiger partial charge in [0.25, 0.3) is 0 Å². The number of nitrogens with zero attached hydrogens (tertiary/aromatic N) is 5. The number of rotatable bonds is 5. The summed E-state index contributed by atoms with van der Waals surface area (Å²) in [5.74, 6) is 0.249. The molecule has 1 aromatic carbocycles. The molecule has 7 heteroatoms. The summed E-state index contributed by atoms with van der Waals surface area (Å²) in [4.78, 5) is 14.0. The molecule has 0 aliphatic carbocycles. The highest BCUT2D eigenvalue weighted by molar-refractivity contribution is 8.00. The van der Waals surface area contributed by atoms with E-state index < -0.39 is 0 Å². The topological polar surface area (TPSA) is 63.9 Å². The molecule has 2 aromatic rings. The SMILES string of the molecule is Cc1ccc(C)c(-n2nnnc2S[C@@H](C(=O)N(C)C)C(C)C)c1. The number of aromatic nitrogens is 4. The van der Waals surface area contributed by atoms with Crippen LogP contribution in [0.5, 0.6) is 0 Å². The third-order valence-electron chi connectivity index (χ3n) is 3.56. The summed E-state index contributed by atoms with van der Waals surface area (Å²) in [6.45, 7) is 8.12. The molecule has 0 bridgehead atoms. The van der Waals surface area contributed by atoms with E-state index in [-0.39, 0.29) is 17.1 Å². The average Bonchev–Trinajstić information content (AvgIpc) is 2.94. The summed E-state index contributed by atoms with van der Waals surface area (Å²) in [6.07, 6.45) is 0. The maximum atomic E-state index is 12.4. The van der Waals surface area contributed by atoms with E-state index >= 15 is 0 Å². The van der Waals surface area contributed by atoms with Crippen molar-refractivity contribution in [2.45, 2.75) is 38.1 Å². The van der Waals surface area contributed by atoms with E-state index in [2.05, 4.69) is 21.6 Å². The van der Waals surface area contributed by atoms with Crippen LogP contribution in [-0.2, 0) is 4.79 Å². The van der Waals surface area contributed by atoms with Gasteiger partial charge in [0, 0.05) is 14.1 Å². The molecule has 1 aromatic heterocycles. The maximum Gasteiger partial charge on any atom is 0.235 e. The van der Waals surface area contributed by atoms with Crippen LogP contribution < -0.4 is 0 Å². The van der Waals surface area contributed by atoms with Crippen LogP contribution in [0.25, 0.3) is 5.69 Å². The van der Waals surface area contributed by atoms with Crippen LogP contribution in [0.4, 0.5) is 0 Å². The molecule has 0 fully saturated rings. The van der Waals surface area contributed by atoms with E-state index in [4.69, 9.17) is 0 Å². The fourth-order valence-corrected chi connectivity index (χ4v) is 3.32. The van der Waals surface area contributed by atoms with Gasteiger partial charge in [-0.1, -0.05) is 37.7 Å². The largest absolute Gasteiger partial charge is 0.348 e. The van der Waals surface area contributed by atoms with Crippen LogP contribution >= 0.6 is 11.8 Å². The second-order valence-electron chi connectivity index (χ2n) is 6.18. The second kappa shape index (κ2) is 7.12. The minimum atomic E-state index is -0.222. The molecule has 2 rings (SSSR count). The first-order valence-corrected chi connectivity index (χ1v) is 8.43. The van der Waals surface area contributed by atoms with Crippen molar-refractivity contribution in [2.24, 2.45) is 5.92 Å². The minimum Gasteiger partial charge on any atom is -0.348 e. The number of hydrogen-bond donors (Lipinski definition) is 0. The Balaban J connectivity index is 2.37. The van der Waals surface area contributed by atoms with Crippen LogP contribution in [0.2, 0.25) is 0 Å². The van der Waals surface area contributed by atoms with Gasteiger partial charge >= 0.3 is 0 Å². The molecule has 1 amide bonds. The molecule has 0 saturated heterocycles. The first-order valence-electron chi connectivity index (χ1n) is 7.55. The van der Waals surface area contributed by atoms with Gasteiger partial charge < -0.3 is 4.90 Å². The van der Waals surface area contributed by atoms with E-state index in [1.807, 2.05) is 39.8 Å². The summed E-state index contributed by atoms with van der Waals surface area (Å²) in [7, 11) is 3.54. The Morgan fingerprint density at radius 2 is 1.96 bits per heavy atom. The maximum absolute atomic E-state index is 12.4. The van der Waals surface area contributed by atoms with E-state index in [0.29, 0.717) is 5.16 Å². The van der Waals surface area contributed by atoms with Gasteiger partial charge in [-0.3, -0.25) is 4.79 Å². The highest BCUT2D eigenvalue weighted by atomic mass is 32.2. The summed E-state index contributed by atoms with van der Waals surface area (Å²) in [5.41, 5.74) is 3.17. The van der Waals surface area contributed by atoms with Crippen molar-refractivity contribution in [2.75, 3.05) is 14.1 Å². The number of thioether (sulfide) groups is 1. The van der Waals surface area contributed by atoms with Gasteiger partial charge in [-0.2, -0.15) is 4.68 Å². The Labute approximate surface area is 141 Å². The van der Waals surface area contributed by atoms with Crippen molar-refractivity contribution in [1.82, 2.24) is 25.1 Å². The van der Waals surface area contributed by atoms with Crippen molar-refractivity contribution >= 4 is 17.7 Å². The Morgan fingerprint density at radius 3 is 2.57 bits per heavy atom. The number of amides is 1. The monoisotopic (exact) mass is 333 g/mol. The predicted octanol–water partition coefficient (Wildman–Crippen LogP) is 2.48. The second-order valence-corrected chi connectivity index (χ2v) is 7.29. The molecule has 0 saturated carbocycles. The number of tetrazole rings is 1. The van der Waals surface area contributed by atoms with E-state index in [1.165, 1.54) is 11.8 Å². The zero-order chi connectivity index (χ0) is 17.1. The molecule has 1 atom stereocenters. The summed E-state index contributed by atoms with van der Waals surface area (Å²) in [6, 6.07) is 6.15. The van der Waals surface area contributed by atoms with E-state index in [9.17, 15) is 4.79 Å². The Bertz CT molecular complexity index is 696. The normalized spacial score (nSPS) is 12.5. The van der Waals surface area contributed by atoms with Crippen LogP contribution in [-0.4, -0.2) is 50.4 Å². The molecule has 0 radical (unpaired) electrons. The molecular formula is C16H23N5OS. The average molecular weight is 333 g/mol. The highest BCUT2D eigenvalue weighted by Gasteiger charge is 2.27. The van der Waals surface area contributed by atoms with Gasteiger partial charge in [0.05, 0.1) is 10.9 Å². The van der Waals surface area contributed by atoms with Crippen molar-refractivity contribution in [3.63, 3.8) is 0 Å². The Hall–Kier alpha value is -1.89. The smallest absolute Gasteiger partial charge is 0.235 e. The summed E-state index contributed by atoms with van der Waals surface area (Å²) >= 11 is 1.41. The van der Waals surface area contributed by atoms with Gasteiger partial charge in [0.1, 0.15) is 0 Å². The van der Waals surface area contributed by atoms with Gasteiger partial charge in [-0.25, -0.2) is 0 Å². The summed E-state index contributed by atoms with van der Waals surface area (Å²) in [5, 5.41) is 12.4. The minimum absolute atomic E-state index is 0.0699. The lowest BCUT2D eigenvalue weighted by molar-refractivity contribution is -0.128. The molecule has 124 valence electrons. The fourth-order valence-electron chi connectivity index (χ4n) is 2.19. The number of carbonyl (C=O) groups excluding carboxylic acids is 1. The fraction of sp³-hybridized carbons (Fsp3) is 0.500. The summed E-state index contributed by atoms with van der Waals surface area (Å²) < 4.78 is 1.71. The van der Waals surface area contributed by atoms with Crippen LogP contribution in [0.15, 0.2) is 23.4 Å². The Morgan fingerprint density at radius 1 is 1.26 bits per heavy atom. The van der Waals surface area contributed by atoms with Crippen LogP contribution in [0.3, 0.4) is 0 Å². The van der Waals surface area contributed by atoms with E-state index in [0.717, 1.165) is 16.8 Å².